The Morgan fingerprint density at radius 3 is 3.09 bits per heavy atom. The third kappa shape index (κ3) is 3.72. The average molecular weight is 325 g/mol. The van der Waals surface area contributed by atoms with Gasteiger partial charge in [0.25, 0.3) is 5.91 Å². The second-order valence-electron chi connectivity index (χ2n) is 5.98. The number of carbonyl (C=O) groups excluding carboxylic acids is 1. The van der Waals surface area contributed by atoms with Crippen LogP contribution in [0, 0.1) is 5.92 Å². The van der Waals surface area contributed by atoms with E-state index in [9.17, 15) is 4.79 Å². The number of fused-ring (bicyclic) bond motifs is 1. The van der Waals surface area contributed by atoms with Crippen LogP contribution in [0.3, 0.4) is 0 Å². The molecule has 6 heteroatoms. The van der Waals surface area contributed by atoms with Crippen molar-refractivity contribution in [3.63, 3.8) is 0 Å². The van der Waals surface area contributed by atoms with Gasteiger partial charge < -0.3 is 19.3 Å². The quantitative estimate of drug-likeness (QED) is 0.845. The smallest absolute Gasteiger partial charge is 0.260 e. The molecule has 0 spiro atoms. The van der Waals surface area contributed by atoms with E-state index in [2.05, 4.69) is 11.9 Å². The van der Waals surface area contributed by atoms with Crippen molar-refractivity contribution in [3.8, 4) is 5.75 Å². The number of amides is 1. The molecule has 0 aromatic heterocycles. The third-order valence-electron chi connectivity index (χ3n) is 4.24. The number of likely N-dealkylation sites (N-methyl/N-ethyl adjacent to an activating group) is 1. The molecule has 120 valence electrons. The molecular weight excluding hydrogens is 304 g/mol. The van der Waals surface area contributed by atoms with Crippen LogP contribution in [0.1, 0.15) is 0 Å². The van der Waals surface area contributed by atoms with Crippen molar-refractivity contribution in [1.29, 1.82) is 0 Å². The Kier molecular flexibility index (Phi) is 4.86. The minimum absolute atomic E-state index is 0.000646. The van der Waals surface area contributed by atoms with Crippen LogP contribution in [0.2, 0.25) is 5.02 Å². The SMILES string of the molecule is CN1CCO[C@@H]2CN(C(=O)COc3cccc(Cl)c3)C[C@@H]2C1. The summed E-state index contributed by atoms with van der Waals surface area (Å²) in [6, 6.07) is 7.09. The second-order valence-corrected chi connectivity index (χ2v) is 6.41. The van der Waals surface area contributed by atoms with Crippen molar-refractivity contribution in [1.82, 2.24) is 9.80 Å². The maximum Gasteiger partial charge on any atom is 0.260 e. The van der Waals surface area contributed by atoms with Crippen LogP contribution in [0.5, 0.6) is 5.75 Å². The Labute approximate surface area is 135 Å². The summed E-state index contributed by atoms with van der Waals surface area (Å²) >= 11 is 5.90. The van der Waals surface area contributed by atoms with Crippen LogP contribution < -0.4 is 4.74 Å². The van der Waals surface area contributed by atoms with Gasteiger partial charge >= 0.3 is 0 Å². The zero-order valence-corrected chi connectivity index (χ0v) is 13.5. The summed E-state index contributed by atoms with van der Waals surface area (Å²) in [5.41, 5.74) is 0. The maximum atomic E-state index is 12.3. The molecule has 1 aromatic carbocycles. The van der Waals surface area contributed by atoms with Gasteiger partial charge in [-0.3, -0.25) is 4.79 Å². The molecule has 0 bridgehead atoms. The predicted octanol–water partition coefficient (Wildman–Crippen LogP) is 1.51. The highest BCUT2D eigenvalue weighted by Gasteiger charge is 2.37. The first kappa shape index (κ1) is 15.6. The second kappa shape index (κ2) is 6.86. The number of rotatable bonds is 3. The summed E-state index contributed by atoms with van der Waals surface area (Å²) in [4.78, 5) is 16.4. The standard InChI is InChI=1S/C16H21ClN2O3/c1-18-5-6-21-15-10-19(9-12(15)8-18)16(20)11-22-14-4-2-3-13(17)7-14/h2-4,7,12,15H,5-6,8-11H2,1H3/t12-,15+/m0/s1. The molecule has 2 aliphatic heterocycles. The van der Waals surface area contributed by atoms with Crippen LogP contribution in [0.15, 0.2) is 24.3 Å². The zero-order chi connectivity index (χ0) is 15.5. The van der Waals surface area contributed by atoms with E-state index in [0.29, 0.717) is 23.2 Å². The number of hydrogen-bond acceptors (Lipinski definition) is 4. The van der Waals surface area contributed by atoms with Crippen molar-refractivity contribution in [3.05, 3.63) is 29.3 Å². The Morgan fingerprint density at radius 1 is 1.41 bits per heavy atom. The number of carbonyl (C=O) groups is 1. The lowest BCUT2D eigenvalue weighted by Crippen LogP contribution is -2.35. The van der Waals surface area contributed by atoms with Crippen molar-refractivity contribution >= 4 is 17.5 Å². The van der Waals surface area contributed by atoms with Gasteiger partial charge in [0.15, 0.2) is 6.61 Å². The normalized spacial score (nSPS) is 25.6. The molecule has 0 N–H and O–H groups in total. The van der Waals surface area contributed by atoms with Crippen LogP contribution in [-0.4, -0.2) is 68.3 Å². The fourth-order valence-corrected chi connectivity index (χ4v) is 3.23. The van der Waals surface area contributed by atoms with Crippen molar-refractivity contribution < 1.29 is 14.3 Å². The maximum absolute atomic E-state index is 12.3. The van der Waals surface area contributed by atoms with Crippen LogP contribution in [-0.2, 0) is 9.53 Å². The molecule has 0 saturated carbocycles. The predicted molar refractivity (Wildman–Crippen MR) is 84.3 cm³/mol. The number of halogens is 1. The van der Waals surface area contributed by atoms with E-state index < -0.39 is 0 Å². The first-order valence-corrected chi connectivity index (χ1v) is 7.96. The van der Waals surface area contributed by atoms with Gasteiger partial charge in [-0.05, 0) is 25.2 Å². The number of nitrogens with zero attached hydrogens (tertiary/aromatic N) is 2. The number of ether oxygens (including phenoxy) is 2. The van der Waals surface area contributed by atoms with Gasteiger partial charge in [0.05, 0.1) is 12.7 Å². The summed E-state index contributed by atoms with van der Waals surface area (Å²) in [5.74, 6) is 1.01. The van der Waals surface area contributed by atoms with Crippen molar-refractivity contribution in [2.45, 2.75) is 6.10 Å². The molecule has 1 amide bonds. The monoisotopic (exact) mass is 324 g/mol. The molecule has 3 rings (SSSR count). The zero-order valence-electron chi connectivity index (χ0n) is 12.7. The highest BCUT2D eigenvalue weighted by atomic mass is 35.5. The lowest BCUT2D eigenvalue weighted by atomic mass is 10.1. The van der Waals surface area contributed by atoms with Gasteiger partial charge in [-0.2, -0.15) is 0 Å². The molecule has 0 unspecified atom stereocenters. The Hall–Kier alpha value is -1.30. The van der Waals surface area contributed by atoms with Crippen LogP contribution >= 0.6 is 11.6 Å². The van der Waals surface area contributed by atoms with Gasteiger partial charge in [-0.15, -0.1) is 0 Å². The van der Waals surface area contributed by atoms with Gasteiger partial charge in [0.1, 0.15) is 5.75 Å². The lowest BCUT2D eigenvalue weighted by molar-refractivity contribution is -0.132. The Bertz CT molecular complexity index is 540. The largest absolute Gasteiger partial charge is 0.484 e. The summed E-state index contributed by atoms with van der Waals surface area (Å²) in [7, 11) is 2.10. The van der Waals surface area contributed by atoms with Gasteiger partial charge in [-0.1, -0.05) is 17.7 Å². The number of benzene rings is 1. The van der Waals surface area contributed by atoms with E-state index in [1.165, 1.54) is 0 Å². The van der Waals surface area contributed by atoms with Crippen LogP contribution in [0.25, 0.3) is 0 Å². The van der Waals surface area contributed by atoms with Crippen molar-refractivity contribution in [2.24, 2.45) is 5.92 Å². The van der Waals surface area contributed by atoms with E-state index in [-0.39, 0.29) is 18.6 Å². The lowest BCUT2D eigenvalue weighted by Gasteiger charge is -2.19. The molecule has 5 nitrogen and oxygen atoms in total. The molecule has 1 aromatic rings. The summed E-state index contributed by atoms with van der Waals surface area (Å²) in [6.45, 7) is 4.11. The minimum Gasteiger partial charge on any atom is -0.484 e. The highest BCUT2D eigenvalue weighted by Crippen LogP contribution is 2.23. The van der Waals surface area contributed by atoms with Gasteiger partial charge in [-0.25, -0.2) is 0 Å². The molecule has 2 saturated heterocycles. The molecule has 22 heavy (non-hydrogen) atoms. The highest BCUT2D eigenvalue weighted by molar-refractivity contribution is 6.30. The van der Waals surface area contributed by atoms with Gasteiger partial charge in [0.2, 0.25) is 0 Å². The third-order valence-corrected chi connectivity index (χ3v) is 4.48. The molecule has 2 atom stereocenters. The Balaban J connectivity index is 1.53. The number of likely N-dealkylation sites (tertiary alicyclic amines) is 1. The van der Waals surface area contributed by atoms with E-state index in [0.717, 1.165) is 26.2 Å². The summed E-state index contributed by atoms with van der Waals surface area (Å²) in [6.07, 6.45) is 0.153. The van der Waals surface area contributed by atoms with Crippen molar-refractivity contribution in [2.75, 3.05) is 46.4 Å². The fraction of sp³-hybridized carbons (Fsp3) is 0.562. The first-order chi connectivity index (χ1) is 10.6. The van der Waals surface area contributed by atoms with E-state index >= 15 is 0 Å². The molecular formula is C16H21ClN2O3. The molecule has 0 radical (unpaired) electrons. The Morgan fingerprint density at radius 2 is 2.27 bits per heavy atom. The molecule has 2 heterocycles. The van der Waals surface area contributed by atoms with E-state index in [4.69, 9.17) is 21.1 Å². The molecule has 0 aliphatic carbocycles. The summed E-state index contributed by atoms with van der Waals surface area (Å²) in [5, 5.41) is 0.602. The van der Waals surface area contributed by atoms with E-state index in [1.54, 1.807) is 24.3 Å². The molecule has 2 aliphatic rings. The average Bonchev–Trinajstić information content (AvgIpc) is 2.80. The first-order valence-electron chi connectivity index (χ1n) is 7.58. The summed E-state index contributed by atoms with van der Waals surface area (Å²) < 4.78 is 11.4. The minimum atomic E-state index is -0.000646. The van der Waals surface area contributed by atoms with Gasteiger partial charge in [0, 0.05) is 37.1 Å². The number of hydrogen-bond donors (Lipinski definition) is 0. The fourth-order valence-electron chi connectivity index (χ4n) is 3.05. The van der Waals surface area contributed by atoms with E-state index in [1.807, 2.05) is 4.90 Å². The topological polar surface area (TPSA) is 42.0 Å². The molecule has 2 fully saturated rings. The van der Waals surface area contributed by atoms with Crippen LogP contribution in [0.4, 0.5) is 0 Å².